The van der Waals surface area contributed by atoms with Crippen molar-refractivity contribution in [2.45, 2.75) is 11.4 Å². The molecule has 3 rings (SSSR count). The molecule has 0 aliphatic carbocycles. The van der Waals surface area contributed by atoms with Crippen LogP contribution in [-0.4, -0.2) is 18.2 Å². The van der Waals surface area contributed by atoms with Crippen molar-refractivity contribution in [2.75, 3.05) is 0 Å². The molecule has 120 valence electrons. The van der Waals surface area contributed by atoms with E-state index in [-0.39, 0.29) is 11.4 Å². The SMILES string of the molecule is Cn1nccc1-c1ccc(CNS(=O)(=O)c2ccccc2Br)o1. The summed E-state index contributed by atoms with van der Waals surface area (Å²) in [4.78, 5) is 0.193. The summed E-state index contributed by atoms with van der Waals surface area (Å²) in [6.07, 6.45) is 1.67. The zero-order valence-electron chi connectivity index (χ0n) is 12.2. The first-order chi connectivity index (χ1) is 11.0. The Morgan fingerprint density at radius 2 is 2.00 bits per heavy atom. The highest BCUT2D eigenvalue weighted by molar-refractivity contribution is 9.10. The first-order valence-electron chi connectivity index (χ1n) is 6.78. The quantitative estimate of drug-likeness (QED) is 0.720. The van der Waals surface area contributed by atoms with Crippen LogP contribution in [0, 0.1) is 0 Å². The van der Waals surface area contributed by atoms with Crippen molar-refractivity contribution < 1.29 is 12.8 Å². The number of hydrogen-bond donors (Lipinski definition) is 1. The van der Waals surface area contributed by atoms with Gasteiger partial charge >= 0.3 is 0 Å². The van der Waals surface area contributed by atoms with Crippen LogP contribution >= 0.6 is 15.9 Å². The number of aryl methyl sites for hydroxylation is 1. The van der Waals surface area contributed by atoms with Crippen molar-refractivity contribution in [1.82, 2.24) is 14.5 Å². The average Bonchev–Trinajstić information content (AvgIpc) is 3.14. The Bertz CT molecular complexity index is 931. The second kappa shape index (κ2) is 6.31. The van der Waals surface area contributed by atoms with E-state index in [4.69, 9.17) is 4.42 Å². The lowest BCUT2D eigenvalue weighted by atomic mass is 10.3. The molecule has 6 nitrogen and oxygen atoms in total. The summed E-state index contributed by atoms with van der Waals surface area (Å²) in [5, 5.41) is 4.08. The van der Waals surface area contributed by atoms with Crippen LogP contribution in [0.15, 0.2) is 62.4 Å². The van der Waals surface area contributed by atoms with Crippen molar-refractivity contribution in [2.24, 2.45) is 7.05 Å². The van der Waals surface area contributed by atoms with E-state index in [9.17, 15) is 8.42 Å². The minimum Gasteiger partial charge on any atom is -0.458 e. The number of nitrogens with one attached hydrogen (secondary N) is 1. The molecule has 0 radical (unpaired) electrons. The summed E-state index contributed by atoms with van der Waals surface area (Å²) in [5.41, 5.74) is 0.824. The Hall–Kier alpha value is -1.90. The van der Waals surface area contributed by atoms with Gasteiger partial charge in [-0.3, -0.25) is 4.68 Å². The number of aromatic nitrogens is 2. The zero-order valence-corrected chi connectivity index (χ0v) is 14.6. The molecule has 8 heteroatoms. The fraction of sp³-hybridized carbons (Fsp3) is 0.133. The van der Waals surface area contributed by atoms with Crippen LogP contribution in [0.2, 0.25) is 0 Å². The average molecular weight is 396 g/mol. The lowest BCUT2D eigenvalue weighted by Gasteiger charge is -2.07. The zero-order chi connectivity index (χ0) is 16.4. The number of hydrogen-bond acceptors (Lipinski definition) is 4. The third-order valence-electron chi connectivity index (χ3n) is 3.30. The normalized spacial score (nSPS) is 11.7. The third kappa shape index (κ3) is 3.39. The van der Waals surface area contributed by atoms with Gasteiger partial charge in [0.15, 0.2) is 5.76 Å². The van der Waals surface area contributed by atoms with E-state index >= 15 is 0 Å². The number of nitrogens with zero attached hydrogens (tertiary/aromatic N) is 2. The van der Waals surface area contributed by atoms with Gasteiger partial charge in [0.25, 0.3) is 0 Å². The smallest absolute Gasteiger partial charge is 0.242 e. The maximum Gasteiger partial charge on any atom is 0.242 e. The molecule has 3 aromatic rings. The highest BCUT2D eigenvalue weighted by Gasteiger charge is 2.17. The first-order valence-corrected chi connectivity index (χ1v) is 9.06. The van der Waals surface area contributed by atoms with Gasteiger partial charge in [0.1, 0.15) is 11.5 Å². The highest BCUT2D eigenvalue weighted by Crippen LogP contribution is 2.23. The van der Waals surface area contributed by atoms with Gasteiger partial charge < -0.3 is 4.42 Å². The predicted octanol–water partition coefficient (Wildman–Crippen LogP) is 2.92. The topological polar surface area (TPSA) is 77.1 Å². The minimum atomic E-state index is -3.62. The van der Waals surface area contributed by atoms with Crippen molar-refractivity contribution in [3.05, 3.63) is 58.9 Å². The first kappa shape index (κ1) is 16.0. The lowest BCUT2D eigenvalue weighted by molar-refractivity contribution is 0.505. The molecule has 2 aromatic heterocycles. The molecule has 0 saturated carbocycles. The van der Waals surface area contributed by atoms with E-state index in [0.29, 0.717) is 16.0 Å². The second-order valence-corrected chi connectivity index (χ2v) is 7.45. The standard InChI is InChI=1S/C15H14BrN3O3S/c1-19-13(8-9-17-19)14-7-6-11(22-14)10-18-23(20,21)15-5-3-2-4-12(15)16/h2-9,18H,10H2,1H3. The molecule has 0 aliphatic rings. The number of sulfonamides is 1. The summed E-state index contributed by atoms with van der Waals surface area (Å²) in [5.74, 6) is 1.16. The van der Waals surface area contributed by atoms with E-state index in [1.165, 1.54) is 6.07 Å². The molecule has 0 spiro atoms. The number of rotatable bonds is 5. The molecule has 23 heavy (non-hydrogen) atoms. The second-order valence-electron chi connectivity index (χ2n) is 4.86. The van der Waals surface area contributed by atoms with Gasteiger partial charge in [-0.1, -0.05) is 12.1 Å². The van der Waals surface area contributed by atoms with Crippen LogP contribution in [0.3, 0.4) is 0 Å². The van der Waals surface area contributed by atoms with E-state index in [2.05, 4.69) is 25.8 Å². The van der Waals surface area contributed by atoms with Crippen LogP contribution in [-0.2, 0) is 23.6 Å². The monoisotopic (exact) mass is 395 g/mol. The maximum absolute atomic E-state index is 12.3. The molecule has 0 aliphatic heterocycles. The van der Waals surface area contributed by atoms with Crippen molar-refractivity contribution in [3.63, 3.8) is 0 Å². The van der Waals surface area contributed by atoms with E-state index in [1.54, 1.807) is 41.2 Å². The molecule has 1 aromatic carbocycles. The molecule has 0 unspecified atom stereocenters. The van der Waals surface area contributed by atoms with Gasteiger partial charge in [0.2, 0.25) is 10.0 Å². The molecular weight excluding hydrogens is 382 g/mol. The molecule has 0 amide bonds. The summed E-state index contributed by atoms with van der Waals surface area (Å²) >= 11 is 3.24. The van der Waals surface area contributed by atoms with E-state index < -0.39 is 10.0 Å². The Labute approximate surface area is 142 Å². The van der Waals surface area contributed by atoms with Gasteiger partial charge in [0.05, 0.1) is 11.4 Å². The van der Waals surface area contributed by atoms with Gasteiger partial charge in [-0.05, 0) is 46.3 Å². The predicted molar refractivity (Wildman–Crippen MR) is 89.1 cm³/mol. The highest BCUT2D eigenvalue weighted by atomic mass is 79.9. The third-order valence-corrected chi connectivity index (χ3v) is 5.71. The summed E-state index contributed by atoms with van der Waals surface area (Å²) < 4.78 is 35.0. The van der Waals surface area contributed by atoms with Crippen LogP contribution in [0.1, 0.15) is 5.76 Å². The lowest BCUT2D eigenvalue weighted by Crippen LogP contribution is -2.23. The summed E-state index contributed by atoms with van der Waals surface area (Å²) in [7, 11) is -1.80. The molecule has 0 atom stereocenters. The van der Waals surface area contributed by atoms with Crippen LogP contribution in [0.4, 0.5) is 0 Å². The summed E-state index contributed by atoms with van der Waals surface area (Å²) in [6, 6.07) is 12.0. The van der Waals surface area contributed by atoms with Crippen molar-refractivity contribution in [3.8, 4) is 11.5 Å². The van der Waals surface area contributed by atoms with Gasteiger partial charge in [0, 0.05) is 17.7 Å². The summed E-state index contributed by atoms with van der Waals surface area (Å²) in [6.45, 7) is 0.0710. The van der Waals surface area contributed by atoms with Gasteiger partial charge in [-0.25, -0.2) is 13.1 Å². The Morgan fingerprint density at radius 1 is 1.22 bits per heavy atom. The van der Waals surface area contributed by atoms with Gasteiger partial charge in [-0.2, -0.15) is 5.10 Å². The van der Waals surface area contributed by atoms with Crippen molar-refractivity contribution >= 4 is 26.0 Å². The fourth-order valence-electron chi connectivity index (χ4n) is 2.13. The molecule has 0 saturated heterocycles. The maximum atomic E-state index is 12.3. The number of halogens is 1. The Balaban J connectivity index is 1.75. The number of benzene rings is 1. The van der Waals surface area contributed by atoms with E-state index in [1.807, 2.05) is 13.1 Å². The van der Waals surface area contributed by atoms with Crippen LogP contribution < -0.4 is 4.72 Å². The fourth-order valence-corrected chi connectivity index (χ4v) is 4.13. The minimum absolute atomic E-state index is 0.0710. The molecular formula is C15H14BrN3O3S. The molecule has 2 heterocycles. The van der Waals surface area contributed by atoms with Crippen LogP contribution in [0.5, 0.6) is 0 Å². The van der Waals surface area contributed by atoms with Crippen molar-refractivity contribution in [1.29, 1.82) is 0 Å². The van der Waals surface area contributed by atoms with E-state index in [0.717, 1.165) is 5.69 Å². The number of furan rings is 1. The van der Waals surface area contributed by atoms with Gasteiger partial charge in [-0.15, -0.1) is 0 Å². The van der Waals surface area contributed by atoms with Crippen LogP contribution in [0.25, 0.3) is 11.5 Å². The largest absolute Gasteiger partial charge is 0.458 e. The Morgan fingerprint density at radius 3 is 2.70 bits per heavy atom. The molecule has 0 fully saturated rings. The molecule has 1 N–H and O–H groups in total. The molecule has 0 bridgehead atoms. The Kier molecular flexibility index (Phi) is 4.38.